The van der Waals surface area contributed by atoms with Crippen LogP contribution >= 0.6 is 23.2 Å². The Morgan fingerprint density at radius 1 is 1.09 bits per heavy atom. The Labute approximate surface area is 194 Å². The Kier molecular flexibility index (Phi) is 5.33. The maximum absolute atomic E-state index is 13.4. The summed E-state index contributed by atoms with van der Waals surface area (Å²) in [5, 5.41) is 8.33. The molecule has 1 unspecified atom stereocenters. The zero-order valence-corrected chi connectivity index (χ0v) is 18.6. The second kappa shape index (κ2) is 8.30. The summed E-state index contributed by atoms with van der Waals surface area (Å²) in [7, 11) is 1.62. The topological polar surface area (TPSA) is 71.1 Å². The first-order valence-electron chi connectivity index (χ1n) is 9.94. The number of carbonyl (C=O) groups is 1. The lowest BCUT2D eigenvalue weighted by Crippen LogP contribution is -2.29. The molecule has 0 aliphatic carbocycles. The van der Waals surface area contributed by atoms with Crippen LogP contribution in [0.25, 0.3) is 11.3 Å². The van der Waals surface area contributed by atoms with Gasteiger partial charge in [0.05, 0.1) is 28.9 Å². The first-order valence-corrected chi connectivity index (χ1v) is 10.7. The highest BCUT2D eigenvalue weighted by Crippen LogP contribution is 2.44. The Balaban J connectivity index is 1.65. The monoisotopic (exact) mass is 464 g/mol. The number of amides is 1. The standard InChI is InChI=1S/C24H18Cl2N4O2/c1-32-17-7-4-15(5-8-17)21-20-22(29-28-21)24(31)30(13-14-3-2-10-27-12-14)23(20)16-6-9-18(25)19(26)11-16/h2-12,23H,13H2,1H3,(H,28,29). The van der Waals surface area contributed by atoms with Gasteiger partial charge in [0.15, 0.2) is 0 Å². The lowest BCUT2D eigenvalue weighted by atomic mass is 9.96. The number of ether oxygens (including phenoxy) is 1. The highest BCUT2D eigenvalue weighted by molar-refractivity contribution is 6.42. The molecule has 1 atom stereocenters. The van der Waals surface area contributed by atoms with E-state index >= 15 is 0 Å². The summed E-state index contributed by atoms with van der Waals surface area (Å²) in [6, 6.07) is 16.4. The summed E-state index contributed by atoms with van der Waals surface area (Å²) in [4.78, 5) is 19.4. The number of pyridine rings is 1. The van der Waals surface area contributed by atoms with Crippen LogP contribution in [0.1, 0.15) is 33.2 Å². The molecule has 2 aromatic carbocycles. The van der Waals surface area contributed by atoms with Gasteiger partial charge in [-0.1, -0.05) is 35.3 Å². The molecule has 0 saturated heterocycles. The molecule has 0 saturated carbocycles. The molecule has 32 heavy (non-hydrogen) atoms. The smallest absolute Gasteiger partial charge is 0.273 e. The molecule has 0 radical (unpaired) electrons. The van der Waals surface area contributed by atoms with E-state index < -0.39 is 0 Å². The molecule has 2 aromatic heterocycles. The average molecular weight is 465 g/mol. The fraction of sp³-hybridized carbons (Fsp3) is 0.125. The molecule has 0 spiro atoms. The summed E-state index contributed by atoms with van der Waals surface area (Å²) < 4.78 is 5.27. The van der Waals surface area contributed by atoms with E-state index in [0.717, 1.165) is 28.0 Å². The first kappa shape index (κ1) is 20.5. The van der Waals surface area contributed by atoms with Gasteiger partial charge in [0.25, 0.3) is 5.91 Å². The van der Waals surface area contributed by atoms with Gasteiger partial charge >= 0.3 is 0 Å². The van der Waals surface area contributed by atoms with E-state index in [4.69, 9.17) is 27.9 Å². The third-order valence-electron chi connectivity index (χ3n) is 5.56. The molecule has 0 bridgehead atoms. The third-order valence-corrected chi connectivity index (χ3v) is 6.30. The second-order valence-corrected chi connectivity index (χ2v) is 8.27. The van der Waals surface area contributed by atoms with Gasteiger partial charge in [0.2, 0.25) is 0 Å². The zero-order valence-electron chi connectivity index (χ0n) is 17.0. The number of halogens is 2. The minimum atomic E-state index is -0.386. The maximum atomic E-state index is 13.4. The summed E-state index contributed by atoms with van der Waals surface area (Å²) in [5.74, 6) is 0.614. The molecule has 0 fully saturated rings. The van der Waals surface area contributed by atoms with Crippen molar-refractivity contribution < 1.29 is 9.53 Å². The van der Waals surface area contributed by atoms with Gasteiger partial charge < -0.3 is 9.64 Å². The quantitative estimate of drug-likeness (QED) is 0.421. The van der Waals surface area contributed by atoms with Gasteiger partial charge in [-0.3, -0.25) is 14.9 Å². The molecule has 1 amide bonds. The number of benzene rings is 2. The van der Waals surface area contributed by atoms with E-state index in [-0.39, 0.29) is 11.9 Å². The number of hydrogen-bond acceptors (Lipinski definition) is 4. The van der Waals surface area contributed by atoms with Crippen LogP contribution < -0.4 is 4.74 Å². The highest BCUT2D eigenvalue weighted by atomic mass is 35.5. The number of hydrogen-bond donors (Lipinski definition) is 1. The number of nitrogens with one attached hydrogen (secondary N) is 1. The van der Waals surface area contributed by atoms with Crippen molar-refractivity contribution in [2.24, 2.45) is 0 Å². The predicted octanol–water partition coefficient (Wildman–Crippen LogP) is 5.53. The van der Waals surface area contributed by atoms with Crippen molar-refractivity contribution in [3.05, 3.63) is 99.4 Å². The summed E-state index contributed by atoms with van der Waals surface area (Å²) >= 11 is 12.5. The van der Waals surface area contributed by atoms with Crippen molar-refractivity contribution in [1.29, 1.82) is 0 Å². The fourth-order valence-corrected chi connectivity index (χ4v) is 4.35. The number of aromatic amines is 1. The minimum Gasteiger partial charge on any atom is -0.497 e. The Bertz CT molecular complexity index is 1290. The van der Waals surface area contributed by atoms with E-state index in [1.165, 1.54) is 0 Å². The molecule has 1 aliphatic heterocycles. The molecule has 1 N–H and O–H groups in total. The molecular weight excluding hydrogens is 447 g/mol. The highest BCUT2D eigenvalue weighted by Gasteiger charge is 2.42. The first-order chi connectivity index (χ1) is 15.6. The molecular formula is C24H18Cl2N4O2. The van der Waals surface area contributed by atoms with Gasteiger partial charge in [-0.2, -0.15) is 5.10 Å². The van der Waals surface area contributed by atoms with Gasteiger partial charge in [-0.15, -0.1) is 0 Å². The van der Waals surface area contributed by atoms with Crippen LogP contribution in [0.5, 0.6) is 5.75 Å². The Hall–Kier alpha value is -3.35. The third kappa shape index (κ3) is 3.51. The average Bonchev–Trinajstić information content (AvgIpc) is 3.36. The van der Waals surface area contributed by atoms with Crippen LogP contribution in [-0.4, -0.2) is 33.1 Å². The molecule has 1 aliphatic rings. The van der Waals surface area contributed by atoms with E-state index in [9.17, 15) is 4.79 Å². The number of fused-ring (bicyclic) bond motifs is 1. The van der Waals surface area contributed by atoms with Gasteiger partial charge in [-0.05, 0) is 53.6 Å². The molecule has 4 aromatic rings. The summed E-state index contributed by atoms with van der Waals surface area (Å²) in [6.07, 6.45) is 3.47. The number of carbonyl (C=O) groups excluding carboxylic acids is 1. The Morgan fingerprint density at radius 2 is 1.91 bits per heavy atom. The lowest BCUT2D eigenvalue weighted by molar-refractivity contribution is 0.0730. The van der Waals surface area contributed by atoms with Crippen molar-refractivity contribution in [3.63, 3.8) is 0 Å². The second-order valence-electron chi connectivity index (χ2n) is 7.46. The largest absolute Gasteiger partial charge is 0.497 e. The molecule has 8 heteroatoms. The van der Waals surface area contributed by atoms with E-state index in [2.05, 4.69) is 15.2 Å². The van der Waals surface area contributed by atoms with Crippen LogP contribution in [0, 0.1) is 0 Å². The zero-order chi connectivity index (χ0) is 22.2. The number of aromatic nitrogens is 3. The van der Waals surface area contributed by atoms with Crippen LogP contribution in [-0.2, 0) is 6.54 Å². The van der Waals surface area contributed by atoms with Crippen LogP contribution in [0.3, 0.4) is 0 Å². The summed E-state index contributed by atoms with van der Waals surface area (Å²) in [6.45, 7) is 0.391. The predicted molar refractivity (Wildman–Crippen MR) is 123 cm³/mol. The van der Waals surface area contributed by atoms with Gasteiger partial charge in [-0.25, -0.2) is 0 Å². The van der Waals surface area contributed by atoms with E-state index in [1.807, 2.05) is 42.5 Å². The molecule has 3 heterocycles. The van der Waals surface area contributed by atoms with E-state index in [0.29, 0.717) is 28.0 Å². The van der Waals surface area contributed by atoms with Crippen molar-refractivity contribution in [1.82, 2.24) is 20.1 Å². The number of nitrogens with zero attached hydrogens (tertiary/aromatic N) is 3. The molecule has 160 valence electrons. The van der Waals surface area contributed by atoms with Gasteiger partial charge in [0, 0.05) is 30.1 Å². The van der Waals surface area contributed by atoms with Crippen molar-refractivity contribution >= 4 is 29.1 Å². The van der Waals surface area contributed by atoms with Crippen molar-refractivity contribution in [3.8, 4) is 17.0 Å². The van der Waals surface area contributed by atoms with Crippen LogP contribution in [0.15, 0.2) is 67.0 Å². The Morgan fingerprint density at radius 3 is 2.59 bits per heavy atom. The SMILES string of the molecule is COc1ccc(-c2n[nH]c3c2C(c2ccc(Cl)c(Cl)c2)N(Cc2cccnc2)C3=O)cc1. The number of rotatable bonds is 5. The fourth-order valence-electron chi connectivity index (χ4n) is 4.05. The lowest BCUT2D eigenvalue weighted by Gasteiger charge is -2.26. The molecule has 6 nitrogen and oxygen atoms in total. The maximum Gasteiger partial charge on any atom is 0.273 e. The number of methoxy groups -OCH3 is 1. The molecule has 5 rings (SSSR count). The van der Waals surface area contributed by atoms with E-state index in [1.54, 1.807) is 36.5 Å². The van der Waals surface area contributed by atoms with Gasteiger partial charge in [0.1, 0.15) is 11.4 Å². The van der Waals surface area contributed by atoms with Crippen molar-refractivity contribution in [2.45, 2.75) is 12.6 Å². The number of H-pyrrole nitrogens is 1. The minimum absolute atomic E-state index is 0.132. The normalized spacial score (nSPS) is 15.2. The van der Waals surface area contributed by atoms with Crippen molar-refractivity contribution in [2.75, 3.05) is 7.11 Å². The van der Waals surface area contributed by atoms with Crippen LogP contribution in [0.4, 0.5) is 0 Å². The van der Waals surface area contributed by atoms with Crippen LogP contribution in [0.2, 0.25) is 10.0 Å². The summed E-state index contributed by atoms with van der Waals surface area (Å²) in [5.41, 5.74) is 4.64.